The van der Waals surface area contributed by atoms with E-state index in [-0.39, 0.29) is 5.48 Å². The van der Waals surface area contributed by atoms with E-state index >= 15 is 0 Å². The third-order valence-corrected chi connectivity index (χ3v) is 2.24. The Morgan fingerprint density at radius 1 is 1.36 bits per heavy atom. The van der Waals surface area contributed by atoms with Crippen LogP contribution in [0.2, 0.25) is 0 Å². The van der Waals surface area contributed by atoms with Crippen LogP contribution < -0.4 is 5.32 Å². The molecule has 3 N–H and O–H groups in total. The Hall–Kier alpha value is -1.26. The third kappa shape index (κ3) is 2.90. The zero-order chi connectivity index (χ0) is 8.93. The Morgan fingerprint density at radius 3 is 2.79 bits per heavy atom. The fourth-order valence-corrected chi connectivity index (χ4v) is 1.49. The number of hydrogen-bond acceptors (Lipinski definition) is 3. The van der Waals surface area contributed by atoms with Crippen molar-refractivity contribution < 1.29 is 5.48 Å². The highest BCUT2D eigenvalue weighted by Crippen LogP contribution is 2.10. The van der Waals surface area contributed by atoms with Gasteiger partial charge < -0.3 is 10.8 Å². The van der Waals surface area contributed by atoms with E-state index in [0.717, 1.165) is 18.7 Å². The summed E-state index contributed by atoms with van der Waals surface area (Å²) < 4.78 is 0. The van der Waals surface area contributed by atoms with E-state index < -0.39 is 0 Å². The number of rotatable bonds is 2. The van der Waals surface area contributed by atoms with Crippen molar-refractivity contribution in [2.24, 2.45) is 5.92 Å². The van der Waals surface area contributed by atoms with Gasteiger partial charge in [0, 0.05) is 24.5 Å². The van der Waals surface area contributed by atoms with Crippen molar-refractivity contribution >= 4 is 6.08 Å². The molecule has 0 bridgehead atoms. The molecular formula is C10H15N3O. The van der Waals surface area contributed by atoms with E-state index in [1.54, 1.807) is 6.33 Å². The second-order valence-electron chi connectivity index (χ2n) is 3.28. The molecule has 1 fully saturated rings. The average molecular weight is 193 g/mol. The predicted molar refractivity (Wildman–Crippen MR) is 55.7 cm³/mol. The Kier molecular flexibility index (Phi) is 4.22. The molecule has 0 unspecified atom stereocenters. The summed E-state index contributed by atoms with van der Waals surface area (Å²) >= 11 is 0. The molecule has 4 heteroatoms. The molecule has 4 nitrogen and oxygen atoms in total. The van der Waals surface area contributed by atoms with E-state index in [2.05, 4.69) is 27.4 Å². The molecule has 1 aliphatic heterocycles. The van der Waals surface area contributed by atoms with Crippen LogP contribution in [-0.4, -0.2) is 28.5 Å². The van der Waals surface area contributed by atoms with Crippen molar-refractivity contribution in [2.75, 3.05) is 13.1 Å². The van der Waals surface area contributed by atoms with Gasteiger partial charge in [-0.3, -0.25) is 0 Å². The van der Waals surface area contributed by atoms with Crippen molar-refractivity contribution in [1.82, 2.24) is 15.3 Å². The Bertz CT molecular complexity index is 281. The van der Waals surface area contributed by atoms with Gasteiger partial charge in [0.2, 0.25) is 0 Å². The molecule has 0 saturated carbocycles. The van der Waals surface area contributed by atoms with Crippen molar-refractivity contribution in [3.8, 4) is 0 Å². The van der Waals surface area contributed by atoms with Gasteiger partial charge in [0.15, 0.2) is 0 Å². The first-order valence-electron chi connectivity index (χ1n) is 4.59. The van der Waals surface area contributed by atoms with Crippen LogP contribution in [0, 0.1) is 5.92 Å². The molecule has 76 valence electrons. The first-order valence-corrected chi connectivity index (χ1v) is 4.59. The minimum Gasteiger partial charge on any atom is -0.412 e. The van der Waals surface area contributed by atoms with E-state index in [9.17, 15) is 0 Å². The SMILES string of the molecule is C(=C\[C@H]1CCNC1)/c1cncnc1.O. The van der Waals surface area contributed by atoms with Gasteiger partial charge in [0.1, 0.15) is 6.33 Å². The first kappa shape index (κ1) is 10.8. The Morgan fingerprint density at radius 2 is 2.14 bits per heavy atom. The fraction of sp³-hybridized carbons (Fsp3) is 0.400. The zero-order valence-corrected chi connectivity index (χ0v) is 7.98. The normalized spacial score (nSPS) is 21.0. The van der Waals surface area contributed by atoms with Crippen molar-refractivity contribution in [1.29, 1.82) is 0 Å². The molecule has 1 aromatic rings. The minimum atomic E-state index is 0. The first-order chi connectivity index (χ1) is 6.45. The lowest BCUT2D eigenvalue weighted by Gasteiger charge is -1.98. The Labute approximate surface area is 83.4 Å². The van der Waals surface area contributed by atoms with Crippen LogP contribution in [0.25, 0.3) is 6.08 Å². The zero-order valence-electron chi connectivity index (χ0n) is 7.98. The van der Waals surface area contributed by atoms with E-state index in [4.69, 9.17) is 0 Å². The van der Waals surface area contributed by atoms with Crippen LogP contribution >= 0.6 is 0 Å². The molecule has 1 saturated heterocycles. The highest BCUT2D eigenvalue weighted by Gasteiger charge is 2.09. The molecule has 0 radical (unpaired) electrons. The molecule has 14 heavy (non-hydrogen) atoms. The van der Waals surface area contributed by atoms with Crippen LogP contribution in [0.15, 0.2) is 24.8 Å². The summed E-state index contributed by atoms with van der Waals surface area (Å²) in [5.74, 6) is 0.681. The molecule has 1 aromatic heterocycles. The standard InChI is InChI=1S/C10H13N3.H2O/c1(9-3-4-11-5-9)2-10-6-12-8-13-7-10;/h1-2,6-9,11H,3-5H2;1H2/b2-1+;/t9-;/m0./s1. The molecule has 2 heterocycles. The van der Waals surface area contributed by atoms with Crippen molar-refractivity contribution in [2.45, 2.75) is 6.42 Å². The van der Waals surface area contributed by atoms with Gasteiger partial charge >= 0.3 is 0 Å². The Balaban J connectivity index is 0.000000980. The summed E-state index contributed by atoms with van der Waals surface area (Å²) in [5.41, 5.74) is 1.08. The number of aromatic nitrogens is 2. The summed E-state index contributed by atoms with van der Waals surface area (Å²) in [6.07, 6.45) is 10.8. The molecule has 1 atom stereocenters. The van der Waals surface area contributed by atoms with Crippen LogP contribution in [0.1, 0.15) is 12.0 Å². The quantitative estimate of drug-likeness (QED) is 0.733. The lowest BCUT2D eigenvalue weighted by Crippen LogP contribution is -2.07. The van der Waals surface area contributed by atoms with Crippen molar-refractivity contribution in [3.05, 3.63) is 30.4 Å². The summed E-state index contributed by atoms with van der Waals surface area (Å²) in [5, 5.41) is 3.33. The summed E-state index contributed by atoms with van der Waals surface area (Å²) in [6.45, 7) is 2.24. The van der Waals surface area contributed by atoms with Gasteiger partial charge in [-0.1, -0.05) is 12.2 Å². The fourth-order valence-electron chi connectivity index (χ4n) is 1.49. The monoisotopic (exact) mass is 193 g/mol. The second kappa shape index (κ2) is 5.47. The van der Waals surface area contributed by atoms with Crippen LogP contribution in [-0.2, 0) is 0 Å². The number of hydrogen-bond donors (Lipinski definition) is 1. The van der Waals surface area contributed by atoms with E-state index in [1.165, 1.54) is 6.42 Å². The topological polar surface area (TPSA) is 69.3 Å². The number of nitrogens with one attached hydrogen (secondary N) is 1. The molecule has 2 rings (SSSR count). The van der Waals surface area contributed by atoms with Crippen LogP contribution in [0.3, 0.4) is 0 Å². The molecule has 0 aromatic carbocycles. The van der Waals surface area contributed by atoms with E-state index in [0.29, 0.717) is 5.92 Å². The summed E-state index contributed by atoms with van der Waals surface area (Å²) in [4.78, 5) is 7.90. The van der Waals surface area contributed by atoms with E-state index in [1.807, 2.05) is 12.4 Å². The highest BCUT2D eigenvalue weighted by molar-refractivity contribution is 5.46. The maximum absolute atomic E-state index is 3.95. The third-order valence-electron chi connectivity index (χ3n) is 2.24. The van der Waals surface area contributed by atoms with Crippen LogP contribution in [0.5, 0.6) is 0 Å². The molecule has 0 amide bonds. The minimum absolute atomic E-state index is 0. The lowest BCUT2D eigenvalue weighted by molar-refractivity contribution is 0.731. The van der Waals surface area contributed by atoms with Crippen molar-refractivity contribution in [3.63, 3.8) is 0 Å². The largest absolute Gasteiger partial charge is 0.412 e. The highest BCUT2D eigenvalue weighted by atomic mass is 16.0. The molecule has 1 aliphatic rings. The van der Waals surface area contributed by atoms with Gasteiger partial charge in [-0.25, -0.2) is 9.97 Å². The van der Waals surface area contributed by atoms with Gasteiger partial charge in [0.25, 0.3) is 0 Å². The smallest absolute Gasteiger partial charge is 0.115 e. The van der Waals surface area contributed by atoms with Gasteiger partial charge in [0.05, 0.1) is 0 Å². The number of nitrogens with zero attached hydrogens (tertiary/aromatic N) is 2. The maximum Gasteiger partial charge on any atom is 0.115 e. The summed E-state index contributed by atoms with van der Waals surface area (Å²) in [7, 11) is 0. The van der Waals surface area contributed by atoms with Gasteiger partial charge in [-0.15, -0.1) is 0 Å². The second-order valence-corrected chi connectivity index (χ2v) is 3.28. The summed E-state index contributed by atoms with van der Waals surface area (Å²) in [6, 6.07) is 0. The maximum atomic E-state index is 3.95. The lowest BCUT2D eigenvalue weighted by atomic mass is 10.1. The van der Waals surface area contributed by atoms with Gasteiger partial charge in [-0.05, 0) is 18.9 Å². The molecule has 0 spiro atoms. The van der Waals surface area contributed by atoms with Crippen LogP contribution in [0.4, 0.5) is 0 Å². The average Bonchev–Trinajstić information content (AvgIpc) is 2.69. The molecule has 0 aliphatic carbocycles. The van der Waals surface area contributed by atoms with Gasteiger partial charge in [-0.2, -0.15) is 0 Å². The predicted octanol–water partition coefficient (Wildman–Crippen LogP) is 0.275. The molecular weight excluding hydrogens is 178 g/mol.